The molecule has 0 spiro atoms. The lowest BCUT2D eigenvalue weighted by Gasteiger charge is -2.08. The van der Waals surface area contributed by atoms with Crippen LogP contribution in [-0.2, 0) is 9.84 Å². The number of nitrogens with two attached hydrogens (primary N) is 1. The summed E-state index contributed by atoms with van der Waals surface area (Å²) in [7, 11) is -3.76. The van der Waals surface area contributed by atoms with Gasteiger partial charge in [-0.2, -0.15) is 5.10 Å². The number of aromatic amines is 1. The molecule has 0 bridgehead atoms. The van der Waals surface area contributed by atoms with Crippen LogP contribution < -0.4 is 11.1 Å². The summed E-state index contributed by atoms with van der Waals surface area (Å²) in [6, 6.07) is 17.3. The predicted octanol–water partition coefficient (Wildman–Crippen LogP) is 2.57. The first-order chi connectivity index (χ1) is 10.6. The average Bonchev–Trinajstić information content (AvgIpc) is 2.90. The van der Waals surface area contributed by atoms with Gasteiger partial charge in [0.25, 0.3) is 0 Å². The highest BCUT2D eigenvalue weighted by Crippen LogP contribution is 2.32. The molecule has 4 N–H and O–H groups in total. The summed E-state index contributed by atoms with van der Waals surface area (Å²) in [4.78, 5) is 0.113. The summed E-state index contributed by atoms with van der Waals surface area (Å²) >= 11 is 0. The molecule has 0 radical (unpaired) electrons. The first-order valence-electron chi connectivity index (χ1n) is 6.55. The normalized spacial score (nSPS) is 11.3. The number of para-hydroxylation sites is 1. The van der Waals surface area contributed by atoms with Crippen LogP contribution in [0, 0.1) is 0 Å². The number of sulfone groups is 1. The van der Waals surface area contributed by atoms with Crippen molar-refractivity contribution in [3.63, 3.8) is 0 Å². The third kappa shape index (κ3) is 2.53. The maximum atomic E-state index is 12.7. The molecule has 0 fully saturated rings. The summed E-state index contributed by atoms with van der Waals surface area (Å²) < 4.78 is 25.5. The molecule has 6 nitrogen and oxygen atoms in total. The van der Waals surface area contributed by atoms with E-state index >= 15 is 0 Å². The Morgan fingerprint density at radius 2 is 1.55 bits per heavy atom. The van der Waals surface area contributed by atoms with Crippen LogP contribution in [0.15, 0.2) is 70.5 Å². The Hall–Kier alpha value is -2.80. The minimum atomic E-state index is -3.76. The molecule has 3 rings (SSSR count). The topological polar surface area (TPSA) is 101 Å². The zero-order valence-electron chi connectivity index (χ0n) is 11.5. The van der Waals surface area contributed by atoms with Gasteiger partial charge < -0.3 is 11.1 Å². The number of hydrogen-bond acceptors (Lipinski definition) is 5. The van der Waals surface area contributed by atoms with Gasteiger partial charge in [0.1, 0.15) is 5.82 Å². The van der Waals surface area contributed by atoms with Gasteiger partial charge in [0.05, 0.1) is 4.90 Å². The summed E-state index contributed by atoms with van der Waals surface area (Å²) in [6.45, 7) is 0. The summed E-state index contributed by atoms with van der Waals surface area (Å²) in [5, 5.41) is 9.45. The summed E-state index contributed by atoms with van der Waals surface area (Å²) in [6.07, 6.45) is 0. The molecule has 0 saturated carbocycles. The number of H-pyrrole nitrogens is 1. The van der Waals surface area contributed by atoms with Crippen molar-refractivity contribution in [1.29, 1.82) is 0 Å². The van der Waals surface area contributed by atoms with Gasteiger partial charge in [-0.15, -0.1) is 0 Å². The maximum absolute atomic E-state index is 12.7. The lowest BCUT2D eigenvalue weighted by atomic mass is 10.3. The number of rotatable bonds is 4. The van der Waals surface area contributed by atoms with Crippen LogP contribution in [0.1, 0.15) is 0 Å². The Morgan fingerprint density at radius 3 is 2.18 bits per heavy atom. The monoisotopic (exact) mass is 314 g/mol. The van der Waals surface area contributed by atoms with E-state index in [4.69, 9.17) is 5.73 Å². The molecular weight excluding hydrogens is 300 g/mol. The van der Waals surface area contributed by atoms with Crippen molar-refractivity contribution in [3.8, 4) is 0 Å². The largest absolute Gasteiger partial charge is 0.383 e. The first-order valence-corrected chi connectivity index (χ1v) is 8.03. The molecule has 0 saturated heterocycles. The Balaban J connectivity index is 2.07. The molecule has 2 aromatic carbocycles. The number of nitrogens with one attached hydrogen (secondary N) is 2. The van der Waals surface area contributed by atoms with Crippen LogP contribution in [-0.4, -0.2) is 18.6 Å². The van der Waals surface area contributed by atoms with Crippen LogP contribution in [0.2, 0.25) is 0 Å². The number of nitrogens with zero attached hydrogens (tertiary/aromatic N) is 1. The molecule has 0 atom stereocenters. The molecule has 3 aromatic rings. The number of aromatic nitrogens is 2. The number of nitrogen functional groups attached to an aromatic ring is 1. The van der Waals surface area contributed by atoms with E-state index in [0.29, 0.717) is 0 Å². The molecule has 0 aliphatic carbocycles. The van der Waals surface area contributed by atoms with Crippen molar-refractivity contribution < 1.29 is 8.42 Å². The van der Waals surface area contributed by atoms with Crippen LogP contribution in [0.3, 0.4) is 0 Å². The smallest absolute Gasteiger partial charge is 0.213 e. The zero-order valence-corrected chi connectivity index (χ0v) is 12.3. The van der Waals surface area contributed by atoms with Crippen molar-refractivity contribution in [2.24, 2.45) is 0 Å². The third-order valence-electron chi connectivity index (χ3n) is 3.11. The molecule has 22 heavy (non-hydrogen) atoms. The molecule has 7 heteroatoms. The molecule has 0 unspecified atom stereocenters. The fraction of sp³-hybridized carbons (Fsp3) is 0. The zero-order chi connectivity index (χ0) is 15.6. The van der Waals surface area contributed by atoms with Gasteiger partial charge in [0.15, 0.2) is 10.7 Å². The molecular formula is C15H14N4O2S. The van der Waals surface area contributed by atoms with Crippen LogP contribution in [0.25, 0.3) is 0 Å². The number of hydrogen-bond donors (Lipinski definition) is 3. The number of anilines is 3. The van der Waals surface area contributed by atoms with Gasteiger partial charge in [-0.25, -0.2) is 8.42 Å². The Morgan fingerprint density at radius 1 is 0.955 bits per heavy atom. The Bertz CT molecular complexity index is 874. The van der Waals surface area contributed by atoms with Crippen LogP contribution >= 0.6 is 0 Å². The minimum absolute atomic E-state index is 0.00211. The Kier molecular flexibility index (Phi) is 3.56. The fourth-order valence-corrected chi connectivity index (χ4v) is 3.52. The number of benzene rings is 2. The van der Waals surface area contributed by atoms with E-state index in [1.165, 1.54) is 12.1 Å². The van der Waals surface area contributed by atoms with Gasteiger partial charge in [-0.05, 0) is 24.3 Å². The quantitative estimate of drug-likeness (QED) is 0.687. The van der Waals surface area contributed by atoms with E-state index in [1.807, 2.05) is 30.3 Å². The highest BCUT2D eigenvalue weighted by molar-refractivity contribution is 7.91. The second-order valence-electron chi connectivity index (χ2n) is 4.62. The van der Waals surface area contributed by atoms with Crippen LogP contribution in [0.4, 0.5) is 17.3 Å². The Labute approximate surface area is 127 Å². The molecule has 1 heterocycles. The molecule has 112 valence electrons. The van der Waals surface area contributed by atoms with Crippen molar-refractivity contribution in [2.45, 2.75) is 9.79 Å². The molecule has 0 aliphatic heterocycles. The SMILES string of the molecule is Nc1[nH]nc(Nc2ccccc2)c1S(=O)(=O)c1ccccc1. The second-order valence-corrected chi connectivity index (χ2v) is 6.51. The first kappa shape index (κ1) is 14.2. The van der Waals surface area contributed by atoms with Crippen molar-refractivity contribution in [2.75, 3.05) is 11.1 Å². The van der Waals surface area contributed by atoms with Crippen molar-refractivity contribution in [3.05, 3.63) is 60.7 Å². The summed E-state index contributed by atoms with van der Waals surface area (Å²) in [5.74, 6) is 0.176. The average molecular weight is 314 g/mol. The fourth-order valence-electron chi connectivity index (χ4n) is 2.08. The van der Waals surface area contributed by atoms with Gasteiger partial charge in [0, 0.05) is 5.69 Å². The van der Waals surface area contributed by atoms with E-state index in [-0.39, 0.29) is 21.4 Å². The highest BCUT2D eigenvalue weighted by atomic mass is 32.2. The molecule has 0 amide bonds. The maximum Gasteiger partial charge on any atom is 0.213 e. The van der Waals surface area contributed by atoms with Gasteiger partial charge in [0.2, 0.25) is 9.84 Å². The van der Waals surface area contributed by atoms with E-state index in [9.17, 15) is 8.42 Å². The van der Waals surface area contributed by atoms with E-state index in [2.05, 4.69) is 15.5 Å². The lowest BCUT2D eigenvalue weighted by Crippen LogP contribution is -2.06. The summed E-state index contributed by atoms with van der Waals surface area (Å²) in [5.41, 5.74) is 6.50. The van der Waals surface area contributed by atoms with Gasteiger partial charge >= 0.3 is 0 Å². The second kappa shape index (κ2) is 5.53. The van der Waals surface area contributed by atoms with E-state index < -0.39 is 9.84 Å². The molecule has 0 aliphatic rings. The lowest BCUT2D eigenvalue weighted by molar-refractivity contribution is 0.597. The van der Waals surface area contributed by atoms with Gasteiger partial charge in [-0.1, -0.05) is 36.4 Å². The highest BCUT2D eigenvalue weighted by Gasteiger charge is 2.27. The molecule has 1 aromatic heterocycles. The van der Waals surface area contributed by atoms with Crippen molar-refractivity contribution in [1.82, 2.24) is 10.2 Å². The van der Waals surface area contributed by atoms with Gasteiger partial charge in [-0.3, -0.25) is 5.10 Å². The van der Waals surface area contributed by atoms with E-state index in [0.717, 1.165) is 5.69 Å². The van der Waals surface area contributed by atoms with E-state index in [1.54, 1.807) is 18.2 Å². The standard InChI is InChI=1S/C15H14N4O2S/c16-14-13(22(20,21)12-9-5-2-6-10-12)15(19-18-14)17-11-7-3-1-4-8-11/h1-10H,(H4,16,17,18,19). The van der Waals surface area contributed by atoms with Crippen molar-refractivity contribution >= 4 is 27.2 Å². The predicted molar refractivity (Wildman–Crippen MR) is 84.6 cm³/mol. The minimum Gasteiger partial charge on any atom is -0.383 e. The third-order valence-corrected chi connectivity index (χ3v) is 4.95. The van der Waals surface area contributed by atoms with Crippen LogP contribution in [0.5, 0.6) is 0 Å².